The Morgan fingerprint density at radius 3 is 2.92 bits per heavy atom. The molecule has 0 heterocycles. The Balaban J connectivity index is 2.61. The van der Waals surface area contributed by atoms with Crippen LogP contribution in [0.4, 0.5) is 4.79 Å². The summed E-state index contributed by atoms with van der Waals surface area (Å²) in [6, 6.07) is 7.24. The van der Waals surface area contributed by atoms with Crippen LogP contribution in [0.1, 0.15) is 5.56 Å². The largest absolute Gasteiger partial charge is 0.497 e. The van der Waals surface area contributed by atoms with Gasteiger partial charge < -0.3 is 15.2 Å². The molecule has 4 heteroatoms. The molecule has 2 N–H and O–H groups in total. The average Bonchev–Trinajstić information content (AvgIpc) is 2.15. The van der Waals surface area contributed by atoms with Crippen LogP contribution in [0.15, 0.2) is 24.3 Å². The van der Waals surface area contributed by atoms with Crippen LogP contribution in [-0.4, -0.2) is 13.2 Å². The number of hydrogen-bond acceptors (Lipinski definition) is 3. The number of nitrogens with two attached hydrogens (primary N) is 1. The minimum atomic E-state index is -0.775. The van der Waals surface area contributed by atoms with E-state index >= 15 is 0 Å². The zero-order valence-corrected chi connectivity index (χ0v) is 7.32. The summed E-state index contributed by atoms with van der Waals surface area (Å²) in [6.07, 6.45) is -0.775. The van der Waals surface area contributed by atoms with Crippen LogP contribution < -0.4 is 10.5 Å². The number of amides is 1. The monoisotopic (exact) mass is 181 g/mol. The second kappa shape index (κ2) is 4.35. The third-order valence-corrected chi connectivity index (χ3v) is 1.52. The smallest absolute Gasteiger partial charge is 0.404 e. The Hall–Kier alpha value is -1.71. The summed E-state index contributed by atoms with van der Waals surface area (Å²) in [5.74, 6) is 0.727. The summed E-state index contributed by atoms with van der Waals surface area (Å²) in [5.41, 5.74) is 5.66. The molecule has 0 aliphatic heterocycles. The summed E-state index contributed by atoms with van der Waals surface area (Å²) in [5, 5.41) is 0. The third kappa shape index (κ3) is 3.02. The number of methoxy groups -OCH3 is 1. The van der Waals surface area contributed by atoms with Gasteiger partial charge in [-0.3, -0.25) is 0 Å². The van der Waals surface area contributed by atoms with Crippen molar-refractivity contribution in [3.8, 4) is 5.75 Å². The molecule has 70 valence electrons. The first-order chi connectivity index (χ1) is 6.22. The van der Waals surface area contributed by atoms with Gasteiger partial charge in [-0.05, 0) is 17.7 Å². The number of rotatable bonds is 3. The van der Waals surface area contributed by atoms with Gasteiger partial charge in [0.1, 0.15) is 12.4 Å². The molecule has 0 spiro atoms. The van der Waals surface area contributed by atoms with Crippen LogP contribution in [0.3, 0.4) is 0 Å². The summed E-state index contributed by atoms with van der Waals surface area (Å²) in [6.45, 7) is 0.173. The van der Waals surface area contributed by atoms with Crippen molar-refractivity contribution in [2.45, 2.75) is 6.61 Å². The van der Waals surface area contributed by atoms with Gasteiger partial charge in [-0.15, -0.1) is 0 Å². The van der Waals surface area contributed by atoms with Gasteiger partial charge >= 0.3 is 6.09 Å². The summed E-state index contributed by atoms with van der Waals surface area (Å²) < 4.78 is 9.60. The van der Waals surface area contributed by atoms with E-state index in [4.69, 9.17) is 10.5 Å². The van der Waals surface area contributed by atoms with E-state index in [0.717, 1.165) is 11.3 Å². The summed E-state index contributed by atoms with van der Waals surface area (Å²) in [7, 11) is 1.58. The van der Waals surface area contributed by atoms with Gasteiger partial charge in [0, 0.05) is 0 Å². The minimum absolute atomic E-state index is 0.173. The first-order valence-electron chi connectivity index (χ1n) is 3.77. The quantitative estimate of drug-likeness (QED) is 0.764. The molecular formula is C9H11NO3. The molecule has 0 atom stereocenters. The van der Waals surface area contributed by atoms with Crippen LogP contribution in [-0.2, 0) is 11.3 Å². The zero-order valence-electron chi connectivity index (χ0n) is 7.32. The number of hydrogen-bond donors (Lipinski definition) is 1. The maximum Gasteiger partial charge on any atom is 0.404 e. The fraction of sp³-hybridized carbons (Fsp3) is 0.222. The molecule has 0 bridgehead atoms. The number of benzene rings is 1. The van der Waals surface area contributed by atoms with Crippen molar-refractivity contribution in [2.24, 2.45) is 5.73 Å². The van der Waals surface area contributed by atoms with Crippen molar-refractivity contribution in [1.29, 1.82) is 0 Å². The Morgan fingerprint density at radius 2 is 2.31 bits per heavy atom. The molecule has 13 heavy (non-hydrogen) atoms. The molecule has 0 radical (unpaired) electrons. The van der Waals surface area contributed by atoms with Crippen molar-refractivity contribution in [1.82, 2.24) is 0 Å². The summed E-state index contributed by atoms with van der Waals surface area (Å²) in [4.78, 5) is 10.3. The zero-order chi connectivity index (χ0) is 9.68. The molecule has 1 aromatic rings. The highest BCUT2D eigenvalue weighted by molar-refractivity contribution is 5.64. The molecule has 0 fully saturated rings. The van der Waals surface area contributed by atoms with Crippen molar-refractivity contribution in [2.75, 3.05) is 7.11 Å². The van der Waals surface area contributed by atoms with Crippen LogP contribution in [0.5, 0.6) is 5.75 Å². The van der Waals surface area contributed by atoms with Gasteiger partial charge in [-0.25, -0.2) is 4.79 Å². The fourth-order valence-electron chi connectivity index (χ4n) is 0.917. The van der Waals surface area contributed by atoms with Gasteiger partial charge in [0.05, 0.1) is 7.11 Å². The Kier molecular flexibility index (Phi) is 3.14. The lowest BCUT2D eigenvalue weighted by molar-refractivity contribution is 0.150. The van der Waals surface area contributed by atoms with E-state index in [2.05, 4.69) is 4.74 Å². The van der Waals surface area contributed by atoms with Gasteiger partial charge in [0.2, 0.25) is 0 Å². The van der Waals surface area contributed by atoms with E-state index in [1.807, 2.05) is 18.2 Å². The van der Waals surface area contributed by atoms with Crippen LogP contribution in [0, 0.1) is 0 Å². The van der Waals surface area contributed by atoms with Crippen LogP contribution >= 0.6 is 0 Å². The molecule has 0 unspecified atom stereocenters. The highest BCUT2D eigenvalue weighted by Crippen LogP contribution is 2.12. The minimum Gasteiger partial charge on any atom is -0.497 e. The number of ether oxygens (including phenoxy) is 2. The lowest BCUT2D eigenvalue weighted by Gasteiger charge is -2.03. The Morgan fingerprint density at radius 1 is 1.54 bits per heavy atom. The van der Waals surface area contributed by atoms with Gasteiger partial charge in [-0.1, -0.05) is 12.1 Å². The number of primary amides is 1. The lowest BCUT2D eigenvalue weighted by atomic mass is 10.2. The standard InChI is InChI=1S/C9H11NO3/c1-12-8-4-2-3-7(5-8)6-13-9(10)11/h2-5H,6H2,1H3,(H2,10,11). The van der Waals surface area contributed by atoms with E-state index in [-0.39, 0.29) is 6.61 Å². The van der Waals surface area contributed by atoms with E-state index in [9.17, 15) is 4.79 Å². The van der Waals surface area contributed by atoms with E-state index < -0.39 is 6.09 Å². The lowest BCUT2D eigenvalue weighted by Crippen LogP contribution is -2.12. The molecular weight excluding hydrogens is 170 g/mol. The third-order valence-electron chi connectivity index (χ3n) is 1.52. The fourth-order valence-corrected chi connectivity index (χ4v) is 0.917. The van der Waals surface area contributed by atoms with E-state index in [1.165, 1.54) is 0 Å². The SMILES string of the molecule is COc1cccc(COC(N)=O)c1. The highest BCUT2D eigenvalue weighted by Gasteiger charge is 1.98. The molecule has 1 amide bonds. The molecule has 0 saturated carbocycles. The van der Waals surface area contributed by atoms with Gasteiger partial charge in [-0.2, -0.15) is 0 Å². The topological polar surface area (TPSA) is 61.6 Å². The molecule has 0 aromatic heterocycles. The predicted octanol–water partition coefficient (Wildman–Crippen LogP) is 1.29. The maximum atomic E-state index is 10.3. The van der Waals surface area contributed by atoms with Crippen LogP contribution in [0.25, 0.3) is 0 Å². The first kappa shape index (κ1) is 9.38. The molecule has 0 saturated heterocycles. The van der Waals surface area contributed by atoms with E-state index in [1.54, 1.807) is 13.2 Å². The van der Waals surface area contributed by atoms with Crippen LogP contribution in [0.2, 0.25) is 0 Å². The second-order valence-corrected chi connectivity index (χ2v) is 2.46. The highest BCUT2D eigenvalue weighted by atomic mass is 16.5. The Bertz CT molecular complexity index is 299. The van der Waals surface area contributed by atoms with Crippen molar-refractivity contribution in [3.63, 3.8) is 0 Å². The second-order valence-electron chi connectivity index (χ2n) is 2.46. The number of carbonyl (C=O) groups excluding carboxylic acids is 1. The summed E-state index contributed by atoms with van der Waals surface area (Å²) >= 11 is 0. The molecule has 0 aliphatic rings. The normalized spacial score (nSPS) is 9.31. The maximum absolute atomic E-state index is 10.3. The first-order valence-corrected chi connectivity index (χ1v) is 3.77. The van der Waals surface area contributed by atoms with Crippen molar-refractivity contribution >= 4 is 6.09 Å². The predicted molar refractivity (Wildman–Crippen MR) is 47.4 cm³/mol. The van der Waals surface area contributed by atoms with Gasteiger partial charge in [0.15, 0.2) is 0 Å². The molecule has 0 aliphatic carbocycles. The molecule has 4 nitrogen and oxygen atoms in total. The average molecular weight is 181 g/mol. The Labute approximate surface area is 76.3 Å². The number of carbonyl (C=O) groups is 1. The molecule has 1 aromatic carbocycles. The van der Waals surface area contributed by atoms with E-state index in [0.29, 0.717) is 0 Å². The van der Waals surface area contributed by atoms with Gasteiger partial charge in [0.25, 0.3) is 0 Å². The van der Waals surface area contributed by atoms with Crippen molar-refractivity contribution in [3.05, 3.63) is 29.8 Å². The van der Waals surface area contributed by atoms with Crippen molar-refractivity contribution < 1.29 is 14.3 Å². The molecule has 1 rings (SSSR count).